The Kier molecular flexibility index (Phi) is 7.91. The monoisotopic (exact) mass is 364 g/mol. The van der Waals surface area contributed by atoms with E-state index in [1.54, 1.807) is 13.5 Å². The van der Waals surface area contributed by atoms with Crippen LogP contribution in [0.15, 0.2) is 65.7 Å². The Balaban J connectivity index is 1.78. The van der Waals surface area contributed by atoms with Gasteiger partial charge in [-0.15, -0.1) is 0 Å². The number of benzene rings is 2. The van der Waals surface area contributed by atoms with Crippen LogP contribution in [0.4, 0.5) is 0 Å². The van der Waals surface area contributed by atoms with E-state index in [2.05, 4.69) is 65.6 Å². The molecule has 0 spiro atoms. The zero-order chi connectivity index (χ0) is 18.7. The fourth-order valence-corrected chi connectivity index (χ4v) is 4.10. The van der Waals surface area contributed by atoms with E-state index in [-0.39, 0.29) is 0 Å². The second-order valence-corrected chi connectivity index (χ2v) is 7.45. The van der Waals surface area contributed by atoms with Gasteiger partial charge in [0.1, 0.15) is 0 Å². The largest absolute Gasteiger partial charge is 0.487 e. The van der Waals surface area contributed by atoms with Crippen molar-refractivity contribution >= 4 is 6.40 Å². The summed E-state index contributed by atoms with van der Waals surface area (Å²) in [4.78, 5) is 7.43. The summed E-state index contributed by atoms with van der Waals surface area (Å²) in [7, 11) is 1.69. The molecule has 0 amide bonds. The Morgan fingerprint density at radius 1 is 0.926 bits per heavy atom. The molecule has 1 aliphatic carbocycles. The van der Waals surface area contributed by atoms with Crippen LogP contribution < -0.4 is 0 Å². The van der Waals surface area contributed by atoms with Crippen molar-refractivity contribution in [2.45, 2.75) is 57.2 Å². The van der Waals surface area contributed by atoms with Gasteiger partial charge in [-0.25, -0.2) is 0 Å². The van der Waals surface area contributed by atoms with Crippen LogP contribution in [0.1, 0.15) is 43.2 Å². The zero-order valence-corrected chi connectivity index (χ0v) is 16.5. The molecule has 0 aliphatic heterocycles. The quantitative estimate of drug-likeness (QED) is 0.369. The van der Waals surface area contributed by atoms with Crippen LogP contribution in [0.5, 0.6) is 0 Å². The van der Waals surface area contributed by atoms with Crippen LogP contribution in [0, 0.1) is 0 Å². The molecular formula is C24H32N2O. The zero-order valence-electron chi connectivity index (χ0n) is 16.5. The average Bonchev–Trinajstić information content (AvgIpc) is 2.96. The van der Waals surface area contributed by atoms with Crippen molar-refractivity contribution in [1.82, 2.24) is 4.90 Å². The molecule has 3 nitrogen and oxygen atoms in total. The summed E-state index contributed by atoms with van der Waals surface area (Å²) in [5, 5.41) is 0. The summed E-state index contributed by atoms with van der Waals surface area (Å²) in [5.74, 6) is 0. The van der Waals surface area contributed by atoms with Gasteiger partial charge in [-0.2, -0.15) is 0 Å². The molecule has 0 radical (unpaired) electrons. The first-order valence-electron chi connectivity index (χ1n) is 10.2. The molecule has 3 heteroatoms. The lowest BCUT2D eigenvalue weighted by Gasteiger charge is -2.35. The normalized spacial score (nSPS) is 20.7. The number of hydrogen-bond acceptors (Lipinski definition) is 3. The summed E-state index contributed by atoms with van der Waals surface area (Å²) in [6.07, 6.45) is 8.95. The number of hydrogen-bond donors (Lipinski definition) is 0. The highest BCUT2D eigenvalue weighted by Crippen LogP contribution is 2.26. The van der Waals surface area contributed by atoms with Gasteiger partial charge in [-0.05, 0) is 30.4 Å². The molecule has 144 valence electrons. The van der Waals surface area contributed by atoms with Gasteiger partial charge in [0, 0.05) is 19.1 Å². The smallest absolute Gasteiger partial charge is 0.169 e. The maximum atomic E-state index is 5.15. The Morgan fingerprint density at radius 2 is 1.59 bits per heavy atom. The van der Waals surface area contributed by atoms with Crippen molar-refractivity contribution in [3.8, 4) is 0 Å². The van der Waals surface area contributed by atoms with Crippen LogP contribution >= 0.6 is 0 Å². The van der Waals surface area contributed by atoms with E-state index in [1.165, 1.54) is 36.8 Å². The molecule has 0 heterocycles. The van der Waals surface area contributed by atoms with Crippen molar-refractivity contribution < 1.29 is 4.74 Å². The molecule has 0 bridgehead atoms. The Labute approximate surface area is 164 Å². The predicted molar refractivity (Wildman–Crippen MR) is 113 cm³/mol. The van der Waals surface area contributed by atoms with Crippen LogP contribution in [-0.2, 0) is 17.7 Å². The minimum absolute atomic E-state index is 0.326. The molecule has 2 atom stereocenters. The highest BCUT2D eigenvalue weighted by atomic mass is 16.5. The maximum Gasteiger partial charge on any atom is 0.169 e. The molecule has 1 fully saturated rings. The second-order valence-electron chi connectivity index (χ2n) is 7.45. The van der Waals surface area contributed by atoms with Gasteiger partial charge in [-0.1, -0.05) is 79.9 Å². The number of methoxy groups -OCH3 is 1. The van der Waals surface area contributed by atoms with Gasteiger partial charge < -0.3 is 4.74 Å². The first-order chi connectivity index (χ1) is 13.4. The number of nitrogens with zero attached hydrogens (tertiary/aromatic N) is 2. The molecule has 1 saturated carbocycles. The summed E-state index contributed by atoms with van der Waals surface area (Å²) >= 11 is 0. The van der Waals surface area contributed by atoms with Gasteiger partial charge in [0.25, 0.3) is 0 Å². The summed E-state index contributed by atoms with van der Waals surface area (Å²) < 4.78 is 5.15. The predicted octanol–water partition coefficient (Wildman–Crippen LogP) is 5.11. The second kappa shape index (κ2) is 10.9. The lowest BCUT2D eigenvalue weighted by molar-refractivity contribution is 0.156. The Morgan fingerprint density at radius 3 is 2.30 bits per heavy atom. The van der Waals surface area contributed by atoms with Gasteiger partial charge in [0.15, 0.2) is 6.40 Å². The van der Waals surface area contributed by atoms with E-state index in [4.69, 9.17) is 9.73 Å². The summed E-state index contributed by atoms with van der Waals surface area (Å²) in [5.41, 5.74) is 2.78. The van der Waals surface area contributed by atoms with E-state index < -0.39 is 0 Å². The van der Waals surface area contributed by atoms with Gasteiger partial charge in [-0.3, -0.25) is 9.89 Å². The molecule has 0 unspecified atom stereocenters. The van der Waals surface area contributed by atoms with Gasteiger partial charge >= 0.3 is 0 Å². The molecule has 0 N–H and O–H groups in total. The van der Waals surface area contributed by atoms with E-state index in [1.807, 2.05) is 0 Å². The Hall–Kier alpha value is -2.13. The van der Waals surface area contributed by atoms with Crippen molar-refractivity contribution in [2.75, 3.05) is 13.7 Å². The van der Waals surface area contributed by atoms with Crippen LogP contribution in [0.25, 0.3) is 0 Å². The van der Waals surface area contributed by atoms with E-state index in [9.17, 15) is 0 Å². The Bertz CT molecular complexity index is 671. The minimum atomic E-state index is 0.326. The summed E-state index contributed by atoms with van der Waals surface area (Å²) in [6.45, 7) is 2.04. The fraction of sp³-hybridized carbons (Fsp3) is 0.458. The summed E-state index contributed by atoms with van der Waals surface area (Å²) in [6, 6.07) is 22.5. The first-order valence-corrected chi connectivity index (χ1v) is 10.2. The molecule has 0 aromatic heterocycles. The van der Waals surface area contributed by atoms with E-state index in [0.717, 1.165) is 25.9 Å². The average molecular weight is 365 g/mol. The third-order valence-electron chi connectivity index (χ3n) is 5.53. The topological polar surface area (TPSA) is 24.8 Å². The van der Waals surface area contributed by atoms with Crippen molar-refractivity contribution in [3.63, 3.8) is 0 Å². The highest BCUT2D eigenvalue weighted by molar-refractivity contribution is 5.46. The van der Waals surface area contributed by atoms with Crippen LogP contribution in [0.2, 0.25) is 0 Å². The number of ether oxygens (including phenoxy) is 1. The van der Waals surface area contributed by atoms with E-state index in [0.29, 0.717) is 12.1 Å². The molecule has 27 heavy (non-hydrogen) atoms. The maximum absolute atomic E-state index is 5.15. The third kappa shape index (κ3) is 6.21. The molecule has 1 aliphatic rings. The lowest BCUT2D eigenvalue weighted by atomic mass is 10.00. The molecule has 3 rings (SSSR count). The van der Waals surface area contributed by atoms with E-state index >= 15 is 0 Å². The minimum Gasteiger partial charge on any atom is -0.487 e. The highest BCUT2D eigenvalue weighted by Gasteiger charge is 2.28. The first kappa shape index (κ1) is 19.6. The SMILES string of the molecule is COC=N[C@H]1CCCCC[C@H]1N(CCc1ccccc1)Cc1ccccc1. The van der Waals surface area contributed by atoms with Gasteiger partial charge in [0.05, 0.1) is 13.2 Å². The van der Waals surface area contributed by atoms with Crippen LogP contribution in [-0.4, -0.2) is 37.0 Å². The van der Waals surface area contributed by atoms with Crippen molar-refractivity contribution in [3.05, 3.63) is 71.8 Å². The third-order valence-corrected chi connectivity index (χ3v) is 5.53. The fourth-order valence-electron chi connectivity index (χ4n) is 4.10. The van der Waals surface area contributed by atoms with Gasteiger partial charge in [0.2, 0.25) is 0 Å². The molecule has 2 aromatic carbocycles. The molecule has 0 saturated heterocycles. The van der Waals surface area contributed by atoms with Crippen molar-refractivity contribution in [1.29, 1.82) is 0 Å². The van der Waals surface area contributed by atoms with Crippen molar-refractivity contribution in [2.24, 2.45) is 4.99 Å². The number of aliphatic imine (C=N–C) groups is 1. The standard InChI is InChI=1S/C24H32N2O/c1-27-20-25-23-15-9-4-10-16-24(23)26(19-22-13-7-3-8-14-22)18-17-21-11-5-2-6-12-21/h2-3,5-8,11-14,20,23-24H,4,9-10,15-19H2,1H3/t23-,24+/m0/s1. The molecular weight excluding hydrogens is 332 g/mol. The van der Waals surface area contributed by atoms with Crippen LogP contribution in [0.3, 0.4) is 0 Å². The number of rotatable bonds is 8. The lowest BCUT2D eigenvalue weighted by Crippen LogP contribution is -2.43. The molecule has 2 aromatic rings.